The molecule has 1 heterocycles. The molecule has 0 atom stereocenters. The van der Waals surface area contributed by atoms with Gasteiger partial charge in [-0.15, -0.1) is 0 Å². The van der Waals surface area contributed by atoms with Crippen LogP contribution in [0.5, 0.6) is 5.75 Å². The highest BCUT2D eigenvalue weighted by Gasteiger charge is 2.21. The first-order valence-corrected chi connectivity index (χ1v) is 9.77. The second-order valence-corrected chi connectivity index (χ2v) is 7.41. The highest BCUT2D eigenvalue weighted by molar-refractivity contribution is 9.10. The number of nitrogens with zero attached hydrogens (tertiary/aromatic N) is 3. The predicted octanol–water partition coefficient (Wildman–Crippen LogP) is 3.44. The molecule has 1 fully saturated rings. The molecule has 1 aliphatic rings. The van der Waals surface area contributed by atoms with Crippen molar-refractivity contribution < 1.29 is 14.3 Å². The van der Waals surface area contributed by atoms with Gasteiger partial charge in [0, 0.05) is 42.9 Å². The van der Waals surface area contributed by atoms with Crippen LogP contribution in [0.1, 0.15) is 21.5 Å². The lowest BCUT2D eigenvalue weighted by molar-refractivity contribution is 0.0597. The third kappa shape index (κ3) is 4.46. The second-order valence-electron chi connectivity index (χ2n) is 6.56. The van der Waals surface area contributed by atoms with Crippen molar-refractivity contribution >= 4 is 27.6 Å². The van der Waals surface area contributed by atoms with E-state index in [9.17, 15) is 4.79 Å². The van der Waals surface area contributed by atoms with Crippen LogP contribution in [0.15, 0.2) is 40.9 Å². The standard InChI is InChI=1S/C21H22BrN3O3/c1-27-20-11-16(19(22)12-18(20)21(26)28-2)14-24-7-9-25(10-8-24)17-5-3-15(13-23)4-6-17/h3-6,11-12H,7-10,14H2,1-2H3. The topological polar surface area (TPSA) is 65.8 Å². The van der Waals surface area contributed by atoms with Crippen LogP contribution in [0.3, 0.4) is 0 Å². The average molecular weight is 444 g/mol. The molecule has 0 unspecified atom stereocenters. The molecule has 1 aliphatic heterocycles. The lowest BCUT2D eigenvalue weighted by atomic mass is 10.1. The van der Waals surface area contributed by atoms with Crippen molar-refractivity contribution in [3.8, 4) is 11.8 Å². The van der Waals surface area contributed by atoms with Crippen LogP contribution in [-0.4, -0.2) is 51.3 Å². The number of anilines is 1. The molecule has 0 N–H and O–H groups in total. The van der Waals surface area contributed by atoms with Gasteiger partial charge in [-0.1, -0.05) is 15.9 Å². The molecule has 1 saturated heterocycles. The highest BCUT2D eigenvalue weighted by atomic mass is 79.9. The fraction of sp³-hybridized carbons (Fsp3) is 0.333. The third-order valence-electron chi connectivity index (χ3n) is 4.90. The molecule has 6 nitrogen and oxygen atoms in total. The van der Waals surface area contributed by atoms with Crippen molar-refractivity contribution in [2.45, 2.75) is 6.54 Å². The first kappa shape index (κ1) is 20.2. The zero-order valence-electron chi connectivity index (χ0n) is 15.9. The Kier molecular flexibility index (Phi) is 6.55. The zero-order chi connectivity index (χ0) is 20.1. The number of rotatable bonds is 5. The number of carbonyl (C=O) groups excluding carboxylic acids is 1. The monoisotopic (exact) mass is 443 g/mol. The van der Waals surface area contributed by atoms with E-state index in [4.69, 9.17) is 14.7 Å². The Morgan fingerprint density at radius 1 is 1.14 bits per heavy atom. The molecule has 0 bridgehead atoms. The van der Waals surface area contributed by atoms with E-state index in [-0.39, 0.29) is 0 Å². The van der Waals surface area contributed by atoms with Crippen molar-refractivity contribution in [1.29, 1.82) is 5.26 Å². The Hall–Kier alpha value is -2.56. The van der Waals surface area contributed by atoms with Gasteiger partial charge in [0.15, 0.2) is 0 Å². The van der Waals surface area contributed by atoms with Crippen LogP contribution in [-0.2, 0) is 11.3 Å². The summed E-state index contributed by atoms with van der Waals surface area (Å²) in [4.78, 5) is 16.6. The molecule has 0 amide bonds. The predicted molar refractivity (Wildman–Crippen MR) is 111 cm³/mol. The van der Waals surface area contributed by atoms with Gasteiger partial charge in [0.1, 0.15) is 11.3 Å². The fourth-order valence-corrected chi connectivity index (χ4v) is 3.78. The van der Waals surface area contributed by atoms with Crippen LogP contribution in [0, 0.1) is 11.3 Å². The summed E-state index contributed by atoms with van der Waals surface area (Å²) in [5, 5.41) is 8.93. The maximum absolute atomic E-state index is 11.9. The zero-order valence-corrected chi connectivity index (χ0v) is 17.5. The minimum atomic E-state index is -0.417. The number of hydrogen-bond acceptors (Lipinski definition) is 6. The fourth-order valence-electron chi connectivity index (χ4n) is 3.31. The van der Waals surface area contributed by atoms with E-state index in [0.717, 1.165) is 48.4 Å². The van der Waals surface area contributed by atoms with Crippen LogP contribution >= 0.6 is 15.9 Å². The van der Waals surface area contributed by atoms with Gasteiger partial charge < -0.3 is 14.4 Å². The van der Waals surface area contributed by atoms with Crippen LogP contribution < -0.4 is 9.64 Å². The Morgan fingerprint density at radius 2 is 1.82 bits per heavy atom. The van der Waals surface area contributed by atoms with Crippen LogP contribution in [0.4, 0.5) is 5.69 Å². The van der Waals surface area contributed by atoms with Gasteiger partial charge in [-0.2, -0.15) is 5.26 Å². The van der Waals surface area contributed by atoms with Gasteiger partial charge in [-0.3, -0.25) is 4.90 Å². The number of nitriles is 1. The molecule has 0 aromatic heterocycles. The molecule has 0 aliphatic carbocycles. The summed E-state index contributed by atoms with van der Waals surface area (Å²) < 4.78 is 11.1. The minimum absolute atomic E-state index is 0.409. The number of hydrogen-bond donors (Lipinski definition) is 0. The van der Waals surface area contributed by atoms with Crippen molar-refractivity contribution in [2.24, 2.45) is 0 Å². The first-order chi connectivity index (χ1) is 13.5. The van der Waals surface area contributed by atoms with E-state index in [2.05, 4.69) is 31.8 Å². The summed E-state index contributed by atoms with van der Waals surface area (Å²) in [6, 6.07) is 13.5. The number of esters is 1. The third-order valence-corrected chi connectivity index (χ3v) is 5.64. The summed E-state index contributed by atoms with van der Waals surface area (Å²) in [5.41, 5.74) is 3.29. The minimum Gasteiger partial charge on any atom is -0.496 e. The van der Waals surface area contributed by atoms with Crippen molar-refractivity contribution in [3.63, 3.8) is 0 Å². The smallest absolute Gasteiger partial charge is 0.341 e. The molecule has 0 saturated carbocycles. The van der Waals surface area contributed by atoms with Crippen LogP contribution in [0.2, 0.25) is 0 Å². The largest absolute Gasteiger partial charge is 0.496 e. The summed E-state index contributed by atoms with van der Waals surface area (Å²) in [6.45, 7) is 4.45. The summed E-state index contributed by atoms with van der Waals surface area (Å²) in [7, 11) is 2.91. The Balaban J connectivity index is 1.65. The van der Waals surface area contributed by atoms with E-state index in [1.54, 1.807) is 13.2 Å². The maximum Gasteiger partial charge on any atom is 0.341 e. The Bertz CT molecular complexity index is 885. The van der Waals surface area contributed by atoms with Crippen LogP contribution in [0.25, 0.3) is 0 Å². The number of methoxy groups -OCH3 is 2. The molecule has 2 aromatic rings. The van der Waals surface area contributed by atoms with Crippen molar-refractivity contribution in [3.05, 3.63) is 57.6 Å². The van der Waals surface area contributed by atoms with Gasteiger partial charge in [0.25, 0.3) is 0 Å². The molecular weight excluding hydrogens is 422 g/mol. The summed E-state index contributed by atoms with van der Waals surface area (Å²) in [5.74, 6) is 0.0985. The number of ether oxygens (including phenoxy) is 2. The number of benzene rings is 2. The lowest BCUT2D eigenvalue weighted by Gasteiger charge is -2.36. The Morgan fingerprint density at radius 3 is 2.39 bits per heavy atom. The van der Waals surface area contributed by atoms with E-state index in [0.29, 0.717) is 16.9 Å². The summed E-state index contributed by atoms with van der Waals surface area (Å²) in [6.07, 6.45) is 0. The Labute approximate surface area is 173 Å². The number of carbonyl (C=O) groups is 1. The number of halogens is 1. The average Bonchev–Trinajstić information content (AvgIpc) is 2.75. The second kappa shape index (κ2) is 9.09. The number of piperazine rings is 1. The molecule has 146 valence electrons. The molecular formula is C21H22BrN3O3. The van der Waals surface area contributed by atoms with Crippen molar-refractivity contribution in [2.75, 3.05) is 45.3 Å². The quantitative estimate of drug-likeness (QED) is 0.659. The van der Waals surface area contributed by atoms with E-state index in [1.807, 2.05) is 30.3 Å². The highest BCUT2D eigenvalue weighted by Crippen LogP contribution is 2.29. The summed E-state index contributed by atoms with van der Waals surface area (Å²) >= 11 is 3.57. The normalized spacial score (nSPS) is 14.4. The SMILES string of the molecule is COC(=O)c1cc(Br)c(CN2CCN(c3ccc(C#N)cc3)CC2)cc1OC. The van der Waals surface area contributed by atoms with Gasteiger partial charge in [0.2, 0.25) is 0 Å². The van der Waals surface area contributed by atoms with E-state index < -0.39 is 5.97 Å². The molecule has 0 radical (unpaired) electrons. The van der Waals surface area contributed by atoms with Gasteiger partial charge in [0.05, 0.1) is 25.9 Å². The van der Waals surface area contributed by atoms with Gasteiger partial charge in [-0.05, 0) is 42.0 Å². The van der Waals surface area contributed by atoms with E-state index in [1.165, 1.54) is 7.11 Å². The molecule has 28 heavy (non-hydrogen) atoms. The molecule has 3 rings (SSSR count). The first-order valence-electron chi connectivity index (χ1n) is 8.98. The molecule has 0 spiro atoms. The van der Waals surface area contributed by atoms with E-state index >= 15 is 0 Å². The van der Waals surface area contributed by atoms with Gasteiger partial charge in [-0.25, -0.2) is 4.79 Å². The van der Waals surface area contributed by atoms with Gasteiger partial charge >= 0.3 is 5.97 Å². The maximum atomic E-state index is 11.9. The van der Waals surface area contributed by atoms with Crippen molar-refractivity contribution in [1.82, 2.24) is 4.90 Å². The molecule has 2 aromatic carbocycles. The molecule has 7 heteroatoms. The lowest BCUT2D eigenvalue weighted by Crippen LogP contribution is -2.46.